The second-order valence-corrected chi connectivity index (χ2v) is 6.54. The number of carbonyl (C=O) groups excluding carboxylic acids is 2. The van der Waals surface area contributed by atoms with Gasteiger partial charge < -0.3 is 14.8 Å². The smallest absolute Gasteiger partial charge is 0.265 e. The number of nitrogens with one attached hydrogen (secondary N) is 1. The lowest BCUT2D eigenvalue weighted by Crippen LogP contribution is -2.45. The molecule has 0 radical (unpaired) electrons. The molecule has 1 aliphatic rings. The summed E-state index contributed by atoms with van der Waals surface area (Å²) in [6.07, 6.45) is 0. The first kappa shape index (κ1) is 17.3. The third-order valence-electron chi connectivity index (χ3n) is 3.70. The average Bonchev–Trinajstić information content (AvgIpc) is 2.49. The van der Waals surface area contributed by atoms with Gasteiger partial charge in [-0.15, -0.1) is 0 Å². The van der Waals surface area contributed by atoms with Crippen LogP contribution in [0.15, 0.2) is 18.2 Å². The fraction of sp³-hybridized carbons (Fsp3) is 0.529. The molecule has 0 atom stereocenters. The molecule has 0 spiro atoms. The molecule has 23 heavy (non-hydrogen) atoms. The van der Waals surface area contributed by atoms with Crippen LogP contribution in [0.1, 0.15) is 26.3 Å². The summed E-state index contributed by atoms with van der Waals surface area (Å²) < 4.78 is 10.4. The van der Waals surface area contributed by atoms with E-state index in [2.05, 4.69) is 26.1 Å². The second kappa shape index (κ2) is 7.00. The van der Waals surface area contributed by atoms with Gasteiger partial charge in [-0.3, -0.25) is 14.5 Å². The van der Waals surface area contributed by atoms with Gasteiger partial charge in [0.1, 0.15) is 12.3 Å². The fourth-order valence-corrected chi connectivity index (χ4v) is 2.33. The summed E-state index contributed by atoms with van der Waals surface area (Å²) >= 11 is 0. The van der Waals surface area contributed by atoms with Crippen LogP contribution in [0.5, 0.6) is 5.75 Å². The van der Waals surface area contributed by atoms with Crippen molar-refractivity contribution in [1.82, 2.24) is 5.32 Å². The van der Waals surface area contributed by atoms with E-state index in [4.69, 9.17) is 9.47 Å². The van der Waals surface area contributed by atoms with E-state index in [1.165, 1.54) is 4.90 Å². The molecule has 0 aliphatic carbocycles. The number of ether oxygens (including phenoxy) is 2. The van der Waals surface area contributed by atoms with E-state index >= 15 is 0 Å². The first-order valence-electron chi connectivity index (χ1n) is 7.66. The van der Waals surface area contributed by atoms with Crippen LogP contribution in [-0.4, -0.2) is 45.2 Å². The molecule has 0 fully saturated rings. The Morgan fingerprint density at radius 2 is 2.13 bits per heavy atom. The summed E-state index contributed by atoms with van der Waals surface area (Å²) in [7, 11) is 1.57. The van der Waals surface area contributed by atoms with Crippen molar-refractivity contribution in [1.29, 1.82) is 0 Å². The molecule has 6 heteroatoms. The van der Waals surface area contributed by atoms with E-state index in [1.807, 2.05) is 18.2 Å². The quantitative estimate of drug-likeness (QED) is 0.834. The summed E-state index contributed by atoms with van der Waals surface area (Å²) in [4.78, 5) is 25.7. The number of hydrogen-bond donors (Lipinski definition) is 1. The van der Waals surface area contributed by atoms with Gasteiger partial charge in [-0.25, -0.2) is 0 Å². The van der Waals surface area contributed by atoms with E-state index < -0.39 is 0 Å². The maximum absolute atomic E-state index is 12.2. The van der Waals surface area contributed by atoms with Crippen LogP contribution in [0.3, 0.4) is 0 Å². The van der Waals surface area contributed by atoms with Gasteiger partial charge in [0, 0.05) is 13.7 Å². The van der Waals surface area contributed by atoms with Gasteiger partial charge in [0.2, 0.25) is 5.91 Å². The van der Waals surface area contributed by atoms with Gasteiger partial charge in [-0.1, -0.05) is 26.8 Å². The van der Waals surface area contributed by atoms with Crippen LogP contribution in [0.2, 0.25) is 0 Å². The molecular weight excluding hydrogens is 296 g/mol. The summed E-state index contributed by atoms with van der Waals surface area (Å²) in [6, 6.07) is 5.78. The molecule has 1 aromatic carbocycles. The highest BCUT2D eigenvalue weighted by Crippen LogP contribution is 2.36. The van der Waals surface area contributed by atoms with Gasteiger partial charge >= 0.3 is 0 Å². The van der Waals surface area contributed by atoms with Crippen LogP contribution < -0.4 is 15.0 Å². The zero-order chi connectivity index (χ0) is 17.0. The molecule has 2 amide bonds. The van der Waals surface area contributed by atoms with Gasteiger partial charge in [0.05, 0.1) is 12.3 Å². The van der Waals surface area contributed by atoms with Crippen molar-refractivity contribution >= 4 is 17.5 Å². The van der Waals surface area contributed by atoms with Gasteiger partial charge in [0.15, 0.2) is 6.61 Å². The fourth-order valence-electron chi connectivity index (χ4n) is 2.33. The number of carbonyl (C=O) groups is 2. The molecule has 1 heterocycles. The Kier molecular flexibility index (Phi) is 5.26. The highest BCUT2D eigenvalue weighted by atomic mass is 16.5. The van der Waals surface area contributed by atoms with Gasteiger partial charge in [0.25, 0.3) is 5.91 Å². The Bertz CT molecular complexity index is 593. The molecular formula is C17H24N2O4. The molecule has 1 N–H and O–H groups in total. The largest absolute Gasteiger partial charge is 0.482 e. The molecule has 0 saturated carbocycles. The Morgan fingerprint density at radius 1 is 1.39 bits per heavy atom. The first-order valence-corrected chi connectivity index (χ1v) is 7.66. The first-order chi connectivity index (χ1) is 10.8. The van der Waals surface area contributed by atoms with Crippen molar-refractivity contribution in [2.24, 2.45) is 0 Å². The van der Waals surface area contributed by atoms with Crippen LogP contribution in [0.4, 0.5) is 5.69 Å². The lowest BCUT2D eigenvalue weighted by molar-refractivity contribution is -0.125. The van der Waals surface area contributed by atoms with Crippen LogP contribution >= 0.6 is 0 Å². The minimum atomic E-state index is -0.218. The number of fused-ring (bicyclic) bond motifs is 1. The number of benzene rings is 1. The zero-order valence-electron chi connectivity index (χ0n) is 14.1. The van der Waals surface area contributed by atoms with Crippen molar-refractivity contribution in [2.75, 3.05) is 38.3 Å². The zero-order valence-corrected chi connectivity index (χ0v) is 14.1. The van der Waals surface area contributed by atoms with Crippen molar-refractivity contribution in [3.8, 4) is 5.75 Å². The third kappa shape index (κ3) is 4.22. The normalized spacial score (nSPS) is 14.3. The highest BCUT2D eigenvalue weighted by Gasteiger charge is 2.28. The molecule has 126 valence electrons. The average molecular weight is 320 g/mol. The lowest BCUT2D eigenvalue weighted by atomic mass is 9.86. The van der Waals surface area contributed by atoms with Crippen molar-refractivity contribution in [2.45, 2.75) is 26.2 Å². The predicted octanol–water partition coefficient (Wildman–Crippen LogP) is 1.47. The van der Waals surface area contributed by atoms with Crippen molar-refractivity contribution < 1.29 is 19.1 Å². The molecule has 1 aliphatic heterocycles. The molecule has 1 aromatic rings. The monoisotopic (exact) mass is 320 g/mol. The third-order valence-corrected chi connectivity index (χ3v) is 3.70. The van der Waals surface area contributed by atoms with E-state index in [0.29, 0.717) is 24.6 Å². The van der Waals surface area contributed by atoms with Crippen LogP contribution in [-0.2, 0) is 19.7 Å². The van der Waals surface area contributed by atoms with Gasteiger partial charge in [-0.2, -0.15) is 0 Å². The number of methoxy groups -OCH3 is 1. The number of nitrogens with zero attached hydrogens (tertiary/aromatic N) is 1. The number of amides is 2. The SMILES string of the molecule is COCCNC(=O)CN1C(=O)COc2ccc(C(C)(C)C)cc21. The number of rotatable bonds is 5. The maximum atomic E-state index is 12.2. The minimum Gasteiger partial charge on any atom is -0.482 e. The van der Waals surface area contributed by atoms with E-state index in [0.717, 1.165) is 5.56 Å². The molecule has 6 nitrogen and oxygen atoms in total. The predicted molar refractivity (Wildman–Crippen MR) is 87.9 cm³/mol. The number of anilines is 1. The standard InChI is InChI=1S/C17H24N2O4/c1-17(2,3)12-5-6-14-13(9-12)19(16(21)11-23-14)10-15(20)18-7-8-22-4/h5-6,9H,7-8,10-11H2,1-4H3,(H,18,20). The molecule has 0 aromatic heterocycles. The van der Waals surface area contributed by atoms with Crippen LogP contribution in [0, 0.1) is 0 Å². The topological polar surface area (TPSA) is 67.9 Å². The Labute approximate surface area is 136 Å². The molecule has 0 bridgehead atoms. The highest BCUT2D eigenvalue weighted by molar-refractivity contribution is 6.02. The Morgan fingerprint density at radius 3 is 2.78 bits per heavy atom. The van der Waals surface area contributed by atoms with Crippen LogP contribution in [0.25, 0.3) is 0 Å². The second-order valence-electron chi connectivity index (χ2n) is 6.54. The molecule has 0 saturated heterocycles. The van der Waals surface area contributed by atoms with E-state index in [1.54, 1.807) is 7.11 Å². The maximum Gasteiger partial charge on any atom is 0.265 e. The van der Waals surface area contributed by atoms with E-state index in [-0.39, 0.29) is 30.4 Å². The molecule has 2 rings (SSSR count). The van der Waals surface area contributed by atoms with Crippen molar-refractivity contribution in [3.63, 3.8) is 0 Å². The molecule has 0 unspecified atom stereocenters. The summed E-state index contributed by atoms with van der Waals surface area (Å²) in [6.45, 7) is 7.09. The Balaban J connectivity index is 2.21. The number of hydrogen-bond acceptors (Lipinski definition) is 4. The van der Waals surface area contributed by atoms with E-state index in [9.17, 15) is 9.59 Å². The summed E-state index contributed by atoms with van der Waals surface area (Å²) in [5.74, 6) is 0.192. The summed E-state index contributed by atoms with van der Waals surface area (Å²) in [5.41, 5.74) is 1.68. The summed E-state index contributed by atoms with van der Waals surface area (Å²) in [5, 5.41) is 2.73. The minimum absolute atomic E-state index is 0.0213. The van der Waals surface area contributed by atoms with Crippen molar-refractivity contribution in [3.05, 3.63) is 23.8 Å². The Hall–Kier alpha value is -2.08. The lowest BCUT2D eigenvalue weighted by Gasteiger charge is -2.31. The van der Waals surface area contributed by atoms with Gasteiger partial charge in [-0.05, 0) is 23.1 Å².